The van der Waals surface area contributed by atoms with Crippen LogP contribution >= 0.6 is 0 Å². The predicted molar refractivity (Wildman–Crippen MR) is 150 cm³/mol. The highest BCUT2D eigenvalue weighted by atomic mass is 16.5. The summed E-state index contributed by atoms with van der Waals surface area (Å²) >= 11 is 0. The number of hydrogen-bond acceptors (Lipinski definition) is 5. The highest BCUT2D eigenvalue weighted by Gasteiger charge is 2.42. The average molecular weight is 531 g/mol. The summed E-state index contributed by atoms with van der Waals surface area (Å²) in [4.78, 5) is 34.3. The van der Waals surface area contributed by atoms with Gasteiger partial charge in [0.05, 0.1) is 31.2 Å². The fourth-order valence-electron chi connectivity index (χ4n) is 6.66. The topological polar surface area (TPSA) is 86.9 Å². The van der Waals surface area contributed by atoms with E-state index in [0.29, 0.717) is 30.7 Å². The molecule has 0 aliphatic carbocycles. The maximum Gasteiger partial charge on any atom is 0.270 e. The number of H-pyrrole nitrogens is 1. The lowest BCUT2D eigenvalue weighted by molar-refractivity contribution is -0.125. The van der Waals surface area contributed by atoms with Crippen molar-refractivity contribution in [2.45, 2.75) is 25.8 Å². The Morgan fingerprint density at radius 1 is 1.08 bits per heavy atom. The predicted octanol–water partition coefficient (Wildman–Crippen LogP) is 3.77. The number of ether oxygens (including phenoxy) is 2. The van der Waals surface area contributed by atoms with E-state index in [-0.39, 0.29) is 23.8 Å². The zero-order valence-corrected chi connectivity index (χ0v) is 22.8. The number of nitrogens with one attached hydrogen (secondary N) is 2. The number of aromatic amines is 1. The van der Waals surface area contributed by atoms with Crippen LogP contribution in [0.15, 0.2) is 48.5 Å². The first-order valence-electron chi connectivity index (χ1n) is 14.1. The van der Waals surface area contributed by atoms with Gasteiger partial charge in [0.2, 0.25) is 5.91 Å². The number of carbonyl (C=O) groups is 2. The van der Waals surface area contributed by atoms with Crippen LogP contribution in [-0.4, -0.2) is 79.6 Å². The van der Waals surface area contributed by atoms with Crippen molar-refractivity contribution in [3.05, 3.63) is 65.4 Å². The van der Waals surface area contributed by atoms with Crippen molar-refractivity contribution in [1.82, 2.24) is 20.1 Å². The van der Waals surface area contributed by atoms with E-state index >= 15 is 0 Å². The van der Waals surface area contributed by atoms with Crippen LogP contribution in [0.1, 0.15) is 40.5 Å². The van der Waals surface area contributed by atoms with Gasteiger partial charge in [0, 0.05) is 44.7 Å². The van der Waals surface area contributed by atoms with Gasteiger partial charge in [-0.25, -0.2) is 0 Å². The Kier molecular flexibility index (Phi) is 7.32. The van der Waals surface area contributed by atoms with E-state index < -0.39 is 0 Å². The quantitative estimate of drug-likeness (QED) is 0.463. The number of aryl methyl sites for hydroxylation is 1. The number of fused-ring (bicyclic) bond motifs is 2. The fourth-order valence-corrected chi connectivity index (χ4v) is 6.66. The summed E-state index contributed by atoms with van der Waals surface area (Å²) < 4.78 is 10.9. The van der Waals surface area contributed by atoms with E-state index in [2.05, 4.69) is 27.3 Å². The minimum absolute atomic E-state index is 0.0141. The van der Waals surface area contributed by atoms with E-state index in [1.165, 1.54) is 0 Å². The monoisotopic (exact) mass is 530 g/mol. The van der Waals surface area contributed by atoms with E-state index in [0.717, 1.165) is 73.3 Å². The lowest BCUT2D eigenvalue weighted by Crippen LogP contribution is -2.37. The number of likely N-dealkylation sites (tertiary alicyclic amines) is 2. The van der Waals surface area contributed by atoms with Crippen molar-refractivity contribution in [3.8, 4) is 5.75 Å². The third-order valence-corrected chi connectivity index (χ3v) is 8.89. The SMILES string of the molecule is COc1cccc2c(C)c(C(=O)N3CC4CN(CC[C@H](NC(=O)C5CCOC5)c5ccccc5)CC4C3)[nH]c12. The molecule has 2 aromatic carbocycles. The van der Waals surface area contributed by atoms with E-state index in [1.807, 2.05) is 48.2 Å². The first-order chi connectivity index (χ1) is 19.0. The standard InChI is InChI=1S/C31H38N4O4/c1-20-25-9-6-10-27(38-2)29(25)33-28(20)31(37)35-17-23-15-34(16-24(23)18-35)13-11-26(21-7-4-3-5-8-21)32-30(36)22-12-14-39-19-22/h3-10,22-24,26,33H,11-19H2,1-2H3,(H,32,36)/t22?,23?,24?,26-/m0/s1. The third kappa shape index (κ3) is 5.15. The van der Waals surface area contributed by atoms with Crippen molar-refractivity contribution in [2.24, 2.45) is 17.8 Å². The molecule has 0 spiro atoms. The molecule has 4 atom stereocenters. The largest absolute Gasteiger partial charge is 0.495 e. The number of rotatable bonds is 8. The normalized spacial score (nSPS) is 23.7. The Bertz CT molecular complexity index is 1320. The van der Waals surface area contributed by atoms with Crippen LogP contribution in [0.5, 0.6) is 5.75 Å². The number of methoxy groups -OCH3 is 1. The highest BCUT2D eigenvalue weighted by Crippen LogP contribution is 2.35. The highest BCUT2D eigenvalue weighted by molar-refractivity contribution is 6.02. The summed E-state index contributed by atoms with van der Waals surface area (Å²) in [7, 11) is 1.65. The molecule has 3 aliphatic rings. The molecule has 1 aromatic heterocycles. The van der Waals surface area contributed by atoms with Gasteiger partial charge in [-0.05, 0) is 48.8 Å². The van der Waals surface area contributed by atoms with Gasteiger partial charge in [0.25, 0.3) is 5.91 Å². The molecule has 3 unspecified atom stereocenters. The van der Waals surface area contributed by atoms with Crippen LogP contribution in [0, 0.1) is 24.7 Å². The maximum atomic E-state index is 13.5. The molecule has 3 saturated heterocycles. The molecule has 3 aliphatic heterocycles. The maximum absolute atomic E-state index is 13.5. The van der Waals surface area contributed by atoms with Gasteiger partial charge in [-0.1, -0.05) is 42.5 Å². The zero-order chi connectivity index (χ0) is 26.9. The van der Waals surface area contributed by atoms with Gasteiger partial charge in [0.1, 0.15) is 11.4 Å². The summed E-state index contributed by atoms with van der Waals surface area (Å²) in [5, 5.41) is 4.33. The van der Waals surface area contributed by atoms with Gasteiger partial charge in [-0.15, -0.1) is 0 Å². The van der Waals surface area contributed by atoms with Crippen molar-refractivity contribution >= 4 is 22.7 Å². The molecule has 0 saturated carbocycles. The van der Waals surface area contributed by atoms with Gasteiger partial charge in [-0.3, -0.25) is 9.59 Å². The average Bonchev–Trinajstić information content (AvgIpc) is 3.75. The molecule has 3 fully saturated rings. The molecule has 0 bridgehead atoms. The van der Waals surface area contributed by atoms with Gasteiger partial charge in [0.15, 0.2) is 0 Å². The molecule has 6 rings (SSSR count). The first-order valence-corrected chi connectivity index (χ1v) is 14.1. The second-order valence-electron chi connectivity index (χ2n) is 11.3. The zero-order valence-electron chi connectivity index (χ0n) is 22.8. The van der Waals surface area contributed by atoms with Crippen LogP contribution in [0.25, 0.3) is 10.9 Å². The van der Waals surface area contributed by atoms with Crippen LogP contribution in [0.2, 0.25) is 0 Å². The van der Waals surface area contributed by atoms with E-state index in [4.69, 9.17) is 9.47 Å². The van der Waals surface area contributed by atoms with Crippen molar-refractivity contribution in [1.29, 1.82) is 0 Å². The summed E-state index contributed by atoms with van der Waals surface area (Å²) in [6, 6.07) is 16.2. The Morgan fingerprint density at radius 2 is 1.85 bits per heavy atom. The van der Waals surface area contributed by atoms with Crippen molar-refractivity contribution in [2.75, 3.05) is 53.0 Å². The van der Waals surface area contributed by atoms with Crippen LogP contribution in [0.3, 0.4) is 0 Å². The molecule has 0 radical (unpaired) electrons. The second kappa shape index (κ2) is 11.0. The van der Waals surface area contributed by atoms with Gasteiger partial charge in [-0.2, -0.15) is 0 Å². The molecule has 4 heterocycles. The molecule has 3 aromatic rings. The Balaban J connectivity index is 1.07. The summed E-state index contributed by atoms with van der Waals surface area (Å²) in [5.41, 5.74) is 3.67. The second-order valence-corrected chi connectivity index (χ2v) is 11.3. The van der Waals surface area contributed by atoms with Gasteiger partial charge >= 0.3 is 0 Å². The number of nitrogens with zero attached hydrogens (tertiary/aromatic N) is 2. The Labute approximate surface area is 229 Å². The fraction of sp³-hybridized carbons (Fsp3) is 0.484. The molecule has 2 amide bonds. The summed E-state index contributed by atoms with van der Waals surface area (Å²) in [6.07, 6.45) is 1.66. The molecule has 2 N–H and O–H groups in total. The van der Waals surface area contributed by atoms with Crippen LogP contribution in [-0.2, 0) is 9.53 Å². The number of carbonyl (C=O) groups excluding carboxylic acids is 2. The number of benzene rings is 2. The Morgan fingerprint density at radius 3 is 2.54 bits per heavy atom. The minimum Gasteiger partial charge on any atom is -0.495 e. The summed E-state index contributed by atoms with van der Waals surface area (Å²) in [6.45, 7) is 7.65. The molecule has 39 heavy (non-hydrogen) atoms. The smallest absolute Gasteiger partial charge is 0.270 e. The van der Waals surface area contributed by atoms with E-state index in [9.17, 15) is 9.59 Å². The number of amides is 2. The van der Waals surface area contributed by atoms with Crippen LogP contribution < -0.4 is 10.1 Å². The summed E-state index contributed by atoms with van der Waals surface area (Å²) in [5.74, 6) is 1.84. The first kappa shape index (κ1) is 25.9. The lowest BCUT2D eigenvalue weighted by Gasteiger charge is -2.25. The molecule has 8 nitrogen and oxygen atoms in total. The molecular weight excluding hydrogens is 492 g/mol. The van der Waals surface area contributed by atoms with E-state index in [1.54, 1.807) is 7.11 Å². The molecule has 8 heteroatoms. The lowest BCUT2D eigenvalue weighted by atomic mass is 10.0. The molecular formula is C31H38N4O4. The number of para-hydroxylation sites is 1. The number of aromatic nitrogens is 1. The van der Waals surface area contributed by atoms with Crippen LogP contribution in [0.4, 0.5) is 0 Å². The number of hydrogen-bond donors (Lipinski definition) is 2. The minimum atomic E-state index is -0.0483. The third-order valence-electron chi connectivity index (χ3n) is 8.89. The van der Waals surface area contributed by atoms with Crippen molar-refractivity contribution in [3.63, 3.8) is 0 Å². The van der Waals surface area contributed by atoms with Crippen molar-refractivity contribution < 1.29 is 19.1 Å². The van der Waals surface area contributed by atoms with Gasteiger partial charge < -0.3 is 29.6 Å². The molecule has 206 valence electrons. The Hall–Kier alpha value is -3.36.